The van der Waals surface area contributed by atoms with Crippen LogP contribution in [0.15, 0.2) is 72.8 Å². The third kappa shape index (κ3) is 5.21. The van der Waals surface area contributed by atoms with Gasteiger partial charge in [-0.2, -0.15) is 0 Å². The Balaban J connectivity index is 1.24. The molecule has 2 saturated heterocycles. The van der Waals surface area contributed by atoms with Gasteiger partial charge in [0.1, 0.15) is 5.37 Å². The first-order valence-corrected chi connectivity index (χ1v) is 12.9. The van der Waals surface area contributed by atoms with Gasteiger partial charge in [0, 0.05) is 41.5 Å². The van der Waals surface area contributed by atoms with Gasteiger partial charge in [-0.05, 0) is 66.1 Å². The summed E-state index contributed by atoms with van der Waals surface area (Å²) in [5, 5.41) is 3.47. The predicted octanol–water partition coefficient (Wildman–Crippen LogP) is 5.49. The minimum atomic E-state index is -0.213. The van der Waals surface area contributed by atoms with Gasteiger partial charge in [-0.15, -0.1) is 11.8 Å². The molecule has 3 amide bonds. The Morgan fingerprint density at radius 1 is 0.943 bits per heavy atom. The molecule has 0 aromatic heterocycles. The number of carbonyl (C=O) groups is 3. The fourth-order valence-corrected chi connectivity index (χ4v) is 5.65. The maximum absolute atomic E-state index is 12.8. The van der Waals surface area contributed by atoms with Crippen LogP contribution in [0.5, 0.6) is 0 Å². The second kappa shape index (κ2) is 10.1. The summed E-state index contributed by atoms with van der Waals surface area (Å²) in [5.41, 5.74) is 4.05. The van der Waals surface area contributed by atoms with Crippen LogP contribution in [0.25, 0.3) is 0 Å². The van der Waals surface area contributed by atoms with Crippen molar-refractivity contribution >= 4 is 52.5 Å². The quantitative estimate of drug-likeness (QED) is 0.480. The fourth-order valence-electron chi connectivity index (χ4n) is 4.34. The monoisotopic (exact) mass is 505 g/mol. The number of halogens is 1. The van der Waals surface area contributed by atoms with Crippen LogP contribution in [0, 0.1) is 0 Å². The average Bonchev–Trinajstić information content (AvgIpc) is 3.46. The zero-order valence-corrected chi connectivity index (χ0v) is 20.5. The van der Waals surface area contributed by atoms with Gasteiger partial charge in [0.25, 0.3) is 5.91 Å². The number of nitrogens with zero attached hydrogens (tertiary/aromatic N) is 2. The average molecular weight is 506 g/mol. The van der Waals surface area contributed by atoms with Crippen LogP contribution in [0.1, 0.15) is 39.7 Å². The summed E-state index contributed by atoms with van der Waals surface area (Å²) in [6.45, 7) is 1.24. The molecule has 0 unspecified atom stereocenters. The van der Waals surface area contributed by atoms with Crippen molar-refractivity contribution < 1.29 is 14.4 Å². The molecule has 178 valence electrons. The van der Waals surface area contributed by atoms with Crippen molar-refractivity contribution in [1.82, 2.24) is 4.90 Å². The van der Waals surface area contributed by atoms with E-state index in [0.717, 1.165) is 29.8 Å². The van der Waals surface area contributed by atoms with E-state index in [1.165, 1.54) is 0 Å². The minimum absolute atomic E-state index is 0.0934. The molecular formula is C27H24ClN3O3S. The molecule has 6 nitrogen and oxygen atoms in total. The molecule has 8 heteroatoms. The molecule has 0 saturated carbocycles. The van der Waals surface area contributed by atoms with E-state index in [2.05, 4.69) is 5.32 Å². The van der Waals surface area contributed by atoms with Crippen molar-refractivity contribution in [3.63, 3.8) is 0 Å². The standard InChI is InChI=1S/C27H24ClN3O3S/c28-21-9-3-18(4-10-21)16-31-25(33)17-35-27(31)20-7-5-19(6-8-20)26(34)29-22-11-13-23(14-12-22)30-15-1-2-24(30)32/h3-14,27H,1-2,15-17H2,(H,29,34)/t27-/m1/s1. The summed E-state index contributed by atoms with van der Waals surface area (Å²) in [5.74, 6) is 0.445. The van der Waals surface area contributed by atoms with E-state index in [0.29, 0.717) is 35.0 Å². The smallest absolute Gasteiger partial charge is 0.255 e. The number of amides is 3. The van der Waals surface area contributed by atoms with E-state index in [4.69, 9.17) is 11.6 Å². The number of anilines is 2. The first-order chi connectivity index (χ1) is 17.0. The first kappa shape index (κ1) is 23.5. The van der Waals surface area contributed by atoms with Crippen LogP contribution in [-0.4, -0.2) is 34.9 Å². The Hall–Kier alpha value is -3.29. The van der Waals surface area contributed by atoms with Gasteiger partial charge in [-0.3, -0.25) is 14.4 Å². The summed E-state index contributed by atoms with van der Waals surface area (Å²) in [4.78, 5) is 40.8. The predicted molar refractivity (Wildman–Crippen MR) is 140 cm³/mol. The molecule has 1 atom stereocenters. The first-order valence-electron chi connectivity index (χ1n) is 11.5. The van der Waals surface area contributed by atoms with Gasteiger partial charge in [0.15, 0.2) is 0 Å². The molecule has 0 aliphatic carbocycles. The Kier molecular flexibility index (Phi) is 6.79. The van der Waals surface area contributed by atoms with Gasteiger partial charge < -0.3 is 15.1 Å². The van der Waals surface area contributed by atoms with Crippen molar-refractivity contribution in [2.24, 2.45) is 0 Å². The van der Waals surface area contributed by atoms with Crippen LogP contribution in [-0.2, 0) is 16.1 Å². The summed E-state index contributed by atoms with van der Waals surface area (Å²) in [6.07, 6.45) is 1.46. The fraction of sp³-hybridized carbons (Fsp3) is 0.222. The Bertz CT molecular complexity index is 1250. The van der Waals surface area contributed by atoms with Crippen molar-refractivity contribution in [2.45, 2.75) is 24.8 Å². The van der Waals surface area contributed by atoms with Crippen LogP contribution in [0.3, 0.4) is 0 Å². The number of benzene rings is 3. The summed E-state index contributed by atoms with van der Waals surface area (Å²) >= 11 is 7.57. The van der Waals surface area contributed by atoms with E-state index in [1.807, 2.05) is 65.6 Å². The van der Waals surface area contributed by atoms with Gasteiger partial charge in [-0.1, -0.05) is 35.9 Å². The molecule has 2 aliphatic heterocycles. The normalized spacial score (nSPS) is 17.8. The highest BCUT2D eigenvalue weighted by molar-refractivity contribution is 8.00. The lowest BCUT2D eigenvalue weighted by Crippen LogP contribution is -2.27. The molecule has 2 aliphatic rings. The summed E-state index contributed by atoms with van der Waals surface area (Å²) < 4.78 is 0. The highest BCUT2D eigenvalue weighted by Gasteiger charge is 2.32. The van der Waals surface area contributed by atoms with Gasteiger partial charge in [0.05, 0.1) is 5.75 Å². The Morgan fingerprint density at radius 2 is 1.66 bits per heavy atom. The second-order valence-corrected chi connectivity index (χ2v) is 10.1. The van der Waals surface area contributed by atoms with Crippen LogP contribution < -0.4 is 10.2 Å². The number of rotatable bonds is 6. The SMILES string of the molecule is O=C(Nc1ccc(N2CCCC2=O)cc1)c1ccc([C@H]2SCC(=O)N2Cc2ccc(Cl)cc2)cc1. The topological polar surface area (TPSA) is 69.7 Å². The molecule has 2 heterocycles. The highest BCUT2D eigenvalue weighted by Crippen LogP contribution is 2.39. The van der Waals surface area contributed by atoms with Crippen LogP contribution in [0.4, 0.5) is 11.4 Å². The number of carbonyl (C=O) groups excluding carboxylic acids is 3. The maximum atomic E-state index is 12.8. The molecule has 3 aromatic carbocycles. The third-order valence-corrected chi connectivity index (χ3v) is 7.71. The van der Waals surface area contributed by atoms with Crippen LogP contribution in [0.2, 0.25) is 5.02 Å². The number of thioether (sulfide) groups is 1. The van der Waals surface area contributed by atoms with Crippen molar-refractivity contribution in [3.05, 3.63) is 94.5 Å². The molecule has 3 aromatic rings. The van der Waals surface area contributed by atoms with Gasteiger partial charge >= 0.3 is 0 Å². The zero-order chi connectivity index (χ0) is 24.4. The van der Waals surface area contributed by atoms with E-state index >= 15 is 0 Å². The van der Waals surface area contributed by atoms with Gasteiger partial charge in [0.2, 0.25) is 11.8 Å². The summed E-state index contributed by atoms with van der Waals surface area (Å²) in [7, 11) is 0. The largest absolute Gasteiger partial charge is 0.322 e. The van der Waals surface area contributed by atoms with E-state index in [9.17, 15) is 14.4 Å². The van der Waals surface area contributed by atoms with E-state index in [1.54, 1.807) is 28.8 Å². The Morgan fingerprint density at radius 3 is 2.31 bits per heavy atom. The van der Waals surface area contributed by atoms with Crippen molar-refractivity contribution in [2.75, 3.05) is 22.5 Å². The van der Waals surface area contributed by atoms with E-state index in [-0.39, 0.29) is 23.1 Å². The van der Waals surface area contributed by atoms with Crippen LogP contribution >= 0.6 is 23.4 Å². The molecule has 2 fully saturated rings. The number of hydrogen-bond acceptors (Lipinski definition) is 4. The second-order valence-electron chi connectivity index (χ2n) is 8.58. The lowest BCUT2D eigenvalue weighted by atomic mass is 10.1. The molecule has 1 N–H and O–H groups in total. The lowest BCUT2D eigenvalue weighted by molar-refractivity contribution is -0.128. The highest BCUT2D eigenvalue weighted by atomic mass is 35.5. The van der Waals surface area contributed by atoms with Crippen molar-refractivity contribution in [1.29, 1.82) is 0 Å². The zero-order valence-electron chi connectivity index (χ0n) is 18.9. The Labute approximate surface area is 213 Å². The molecule has 0 spiro atoms. The number of hydrogen-bond donors (Lipinski definition) is 1. The molecule has 0 bridgehead atoms. The number of nitrogens with one attached hydrogen (secondary N) is 1. The van der Waals surface area contributed by atoms with E-state index < -0.39 is 0 Å². The maximum Gasteiger partial charge on any atom is 0.255 e. The lowest BCUT2D eigenvalue weighted by Gasteiger charge is -2.24. The minimum Gasteiger partial charge on any atom is -0.322 e. The molecule has 0 radical (unpaired) electrons. The van der Waals surface area contributed by atoms with Gasteiger partial charge in [-0.25, -0.2) is 0 Å². The summed E-state index contributed by atoms with van der Waals surface area (Å²) in [6, 6.07) is 22.2. The molecule has 35 heavy (non-hydrogen) atoms. The van der Waals surface area contributed by atoms with Crippen molar-refractivity contribution in [3.8, 4) is 0 Å². The molecule has 5 rings (SSSR count). The third-order valence-electron chi connectivity index (χ3n) is 6.20. The molecular weight excluding hydrogens is 482 g/mol.